The Morgan fingerprint density at radius 1 is 1.13 bits per heavy atom. The van der Waals surface area contributed by atoms with Crippen molar-refractivity contribution in [1.82, 2.24) is 14.2 Å². The number of carbonyl (C=O) groups is 1. The standard InChI is InChI=1S/C30H36ClN3O4S/c1-6-22-18-32-14-13-25(22)23-9-7-10-24(17-23)27-19-33(20-29(35)38-30(3,4)5)15-16-34(27)39(36,37)28-12-8-11-26(31)21(28)2/h7-14,17-18,27H,6,15-16,19-20H2,1-5H3. The summed E-state index contributed by atoms with van der Waals surface area (Å²) in [5.41, 5.74) is 3.95. The number of rotatable bonds is 7. The molecule has 0 N–H and O–H groups in total. The molecule has 1 aliphatic heterocycles. The third kappa shape index (κ3) is 6.69. The summed E-state index contributed by atoms with van der Waals surface area (Å²) >= 11 is 6.31. The molecule has 2 aromatic carbocycles. The molecule has 39 heavy (non-hydrogen) atoms. The molecule has 9 heteroatoms. The van der Waals surface area contributed by atoms with Gasteiger partial charge in [-0.15, -0.1) is 0 Å². The molecule has 1 saturated heterocycles. The average Bonchev–Trinajstić information content (AvgIpc) is 2.89. The number of hydrogen-bond acceptors (Lipinski definition) is 6. The molecule has 1 aromatic heterocycles. The number of benzene rings is 2. The first-order valence-corrected chi connectivity index (χ1v) is 15.0. The van der Waals surface area contributed by atoms with Crippen molar-refractivity contribution in [2.75, 3.05) is 26.2 Å². The number of nitrogens with zero attached hydrogens (tertiary/aromatic N) is 3. The van der Waals surface area contributed by atoms with Gasteiger partial charge in [0, 0.05) is 37.1 Å². The summed E-state index contributed by atoms with van der Waals surface area (Å²) < 4.78 is 35.2. The van der Waals surface area contributed by atoms with Gasteiger partial charge in [0.05, 0.1) is 17.5 Å². The Balaban J connectivity index is 1.74. The fraction of sp³-hybridized carbons (Fsp3) is 0.400. The van der Waals surface area contributed by atoms with Crippen LogP contribution in [-0.2, 0) is 26.0 Å². The van der Waals surface area contributed by atoms with Crippen LogP contribution in [0.2, 0.25) is 5.02 Å². The molecule has 1 unspecified atom stereocenters. The largest absolute Gasteiger partial charge is 0.459 e. The maximum absolute atomic E-state index is 14.1. The van der Waals surface area contributed by atoms with Gasteiger partial charge in [0.15, 0.2) is 0 Å². The number of piperazine rings is 1. The zero-order valence-electron chi connectivity index (χ0n) is 23.1. The van der Waals surface area contributed by atoms with Crippen LogP contribution in [0, 0.1) is 6.92 Å². The quantitative estimate of drug-likeness (QED) is 0.341. The van der Waals surface area contributed by atoms with Gasteiger partial charge in [-0.25, -0.2) is 8.42 Å². The van der Waals surface area contributed by atoms with E-state index < -0.39 is 21.7 Å². The summed E-state index contributed by atoms with van der Waals surface area (Å²) in [7, 11) is -3.89. The molecule has 0 spiro atoms. The number of sulfonamides is 1. The Kier molecular flexibility index (Phi) is 8.81. The number of aryl methyl sites for hydroxylation is 1. The Hall–Kier alpha value is -2.78. The van der Waals surface area contributed by atoms with E-state index in [0.29, 0.717) is 23.7 Å². The summed E-state index contributed by atoms with van der Waals surface area (Å²) in [5, 5.41) is 0.406. The van der Waals surface area contributed by atoms with Crippen molar-refractivity contribution in [3.63, 3.8) is 0 Å². The first-order chi connectivity index (χ1) is 18.4. The lowest BCUT2D eigenvalue weighted by molar-refractivity contribution is -0.156. The van der Waals surface area contributed by atoms with Crippen LogP contribution in [0.5, 0.6) is 0 Å². The summed E-state index contributed by atoms with van der Waals surface area (Å²) in [6.07, 6.45) is 4.46. The third-order valence-corrected chi connectivity index (χ3v) is 9.32. The fourth-order valence-electron chi connectivity index (χ4n) is 4.98. The van der Waals surface area contributed by atoms with Crippen molar-refractivity contribution in [3.05, 3.63) is 82.6 Å². The lowest BCUT2D eigenvalue weighted by Crippen LogP contribution is -2.52. The predicted octanol–water partition coefficient (Wildman–Crippen LogP) is 5.66. The Bertz CT molecular complexity index is 1450. The molecule has 0 aliphatic carbocycles. The van der Waals surface area contributed by atoms with Gasteiger partial charge in [0.2, 0.25) is 10.0 Å². The highest BCUT2D eigenvalue weighted by atomic mass is 35.5. The van der Waals surface area contributed by atoms with E-state index in [4.69, 9.17) is 16.3 Å². The van der Waals surface area contributed by atoms with Gasteiger partial charge in [0.25, 0.3) is 0 Å². The van der Waals surface area contributed by atoms with Gasteiger partial charge in [-0.2, -0.15) is 4.31 Å². The predicted molar refractivity (Wildman–Crippen MR) is 154 cm³/mol. The van der Waals surface area contributed by atoms with Crippen molar-refractivity contribution < 1.29 is 17.9 Å². The van der Waals surface area contributed by atoms with Gasteiger partial charge in [0.1, 0.15) is 5.60 Å². The molecule has 2 heterocycles. The first-order valence-electron chi connectivity index (χ1n) is 13.1. The summed E-state index contributed by atoms with van der Waals surface area (Å²) in [6.45, 7) is 10.4. The van der Waals surface area contributed by atoms with E-state index in [-0.39, 0.29) is 24.0 Å². The van der Waals surface area contributed by atoms with E-state index in [1.165, 1.54) is 0 Å². The van der Waals surface area contributed by atoms with Gasteiger partial charge in [-0.05, 0) is 86.2 Å². The number of ether oxygens (including phenoxy) is 1. The van der Waals surface area contributed by atoms with Crippen LogP contribution in [0.3, 0.4) is 0 Å². The second-order valence-corrected chi connectivity index (χ2v) is 13.1. The number of pyridine rings is 1. The second-order valence-electron chi connectivity index (χ2n) is 10.8. The third-order valence-electron chi connectivity index (χ3n) is 6.86. The first kappa shape index (κ1) is 29.2. The van der Waals surface area contributed by atoms with Crippen LogP contribution in [0.4, 0.5) is 0 Å². The monoisotopic (exact) mass is 569 g/mol. The molecule has 0 bridgehead atoms. The van der Waals surface area contributed by atoms with Crippen LogP contribution in [0.1, 0.15) is 50.4 Å². The van der Waals surface area contributed by atoms with Gasteiger partial charge < -0.3 is 4.74 Å². The molecule has 0 saturated carbocycles. The molecule has 208 valence electrons. The van der Waals surface area contributed by atoms with Crippen molar-refractivity contribution >= 4 is 27.6 Å². The van der Waals surface area contributed by atoms with Crippen LogP contribution in [-0.4, -0.2) is 60.4 Å². The zero-order chi connectivity index (χ0) is 28.4. The summed E-state index contributed by atoms with van der Waals surface area (Å²) in [4.78, 5) is 19.1. The van der Waals surface area contributed by atoms with E-state index in [0.717, 1.165) is 28.7 Å². The van der Waals surface area contributed by atoms with Gasteiger partial charge in [-0.1, -0.05) is 42.8 Å². The molecule has 1 aliphatic rings. The van der Waals surface area contributed by atoms with E-state index in [2.05, 4.69) is 11.9 Å². The summed E-state index contributed by atoms with van der Waals surface area (Å²) in [5.74, 6) is -0.332. The smallest absolute Gasteiger partial charge is 0.320 e. The molecular weight excluding hydrogens is 534 g/mol. The van der Waals surface area contributed by atoms with Crippen LogP contribution in [0.15, 0.2) is 65.8 Å². The van der Waals surface area contributed by atoms with Gasteiger partial charge in [-0.3, -0.25) is 14.7 Å². The number of halogens is 1. The number of carbonyl (C=O) groups excluding carboxylic acids is 1. The SMILES string of the molecule is CCc1cnccc1-c1cccc(C2CN(CC(=O)OC(C)(C)C)CCN2S(=O)(=O)c2cccc(Cl)c2C)c1. The minimum atomic E-state index is -3.89. The molecule has 4 rings (SSSR count). The Labute approximate surface area is 236 Å². The van der Waals surface area contributed by atoms with E-state index in [1.807, 2.05) is 62.2 Å². The van der Waals surface area contributed by atoms with Crippen LogP contribution < -0.4 is 0 Å². The van der Waals surface area contributed by atoms with E-state index >= 15 is 0 Å². The minimum Gasteiger partial charge on any atom is -0.459 e. The number of hydrogen-bond donors (Lipinski definition) is 0. The van der Waals surface area contributed by atoms with Crippen molar-refractivity contribution in [2.24, 2.45) is 0 Å². The Morgan fingerprint density at radius 2 is 1.87 bits per heavy atom. The maximum atomic E-state index is 14.1. The number of aromatic nitrogens is 1. The van der Waals surface area contributed by atoms with Crippen LogP contribution >= 0.6 is 11.6 Å². The fourth-order valence-corrected chi connectivity index (χ4v) is 7.06. The van der Waals surface area contributed by atoms with E-state index in [9.17, 15) is 13.2 Å². The van der Waals surface area contributed by atoms with Crippen molar-refractivity contribution in [2.45, 2.75) is 57.6 Å². The second kappa shape index (κ2) is 11.8. The Morgan fingerprint density at radius 3 is 2.59 bits per heavy atom. The van der Waals surface area contributed by atoms with Crippen molar-refractivity contribution in [1.29, 1.82) is 0 Å². The van der Waals surface area contributed by atoms with Crippen molar-refractivity contribution in [3.8, 4) is 11.1 Å². The highest BCUT2D eigenvalue weighted by Crippen LogP contribution is 2.35. The zero-order valence-corrected chi connectivity index (χ0v) is 24.7. The molecule has 0 radical (unpaired) electrons. The molecule has 7 nitrogen and oxygen atoms in total. The maximum Gasteiger partial charge on any atom is 0.320 e. The topological polar surface area (TPSA) is 79.8 Å². The lowest BCUT2D eigenvalue weighted by Gasteiger charge is -2.41. The minimum absolute atomic E-state index is 0.0852. The molecule has 3 aromatic rings. The molecule has 1 atom stereocenters. The highest BCUT2D eigenvalue weighted by molar-refractivity contribution is 7.89. The van der Waals surface area contributed by atoms with Gasteiger partial charge >= 0.3 is 5.97 Å². The summed E-state index contributed by atoms with van der Waals surface area (Å²) in [6, 6.07) is 14.4. The lowest BCUT2D eigenvalue weighted by atomic mass is 9.95. The number of esters is 1. The normalized spacial score (nSPS) is 17.2. The highest BCUT2D eigenvalue weighted by Gasteiger charge is 2.38. The van der Waals surface area contributed by atoms with E-state index in [1.54, 1.807) is 35.6 Å². The average molecular weight is 570 g/mol. The molecule has 0 amide bonds. The molecular formula is C30H36ClN3O4S. The molecule has 1 fully saturated rings. The van der Waals surface area contributed by atoms with Crippen LogP contribution in [0.25, 0.3) is 11.1 Å².